The minimum atomic E-state index is -1.11. The number of nitrogens with zero attached hydrogens (tertiary/aromatic N) is 7. The zero-order valence-corrected chi connectivity index (χ0v) is 21.2. The number of H-pyrrole nitrogens is 1. The van der Waals surface area contributed by atoms with Gasteiger partial charge in [-0.15, -0.1) is 0 Å². The topological polar surface area (TPSA) is 166 Å². The van der Waals surface area contributed by atoms with Gasteiger partial charge in [-0.1, -0.05) is 0 Å². The first-order chi connectivity index (χ1) is 17.7. The molecule has 3 N–H and O–H groups in total. The van der Waals surface area contributed by atoms with Crippen LogP contribution >= 0.6 is 0 Å². The van der Waals surface area contributed by atoms with Crippen LogP contribution in [0.1, 0.15) is 62.3 Å². The van der Waals surface area contributed by atoms with Crippen molar-refractivity contribution in [3.8, 4) is 12.1 Å². The van der Waals surface area contributed by atoms with Crippen molar-refractivity contribution in [2.75, 3.05) is 24.6 Å². The van der Waals surface area contributed by atoms with Crippen molar-refractivity contribution in [1.82, 2.24) is 35.5 Å². The van der Waals surface area contributed by atoms with E-state index in [-0.39, 0.29) is 29.6 Å². The zero-order chi connectivity index (χ0) is 26.2. The summed E-state index contributed by atoms with van der Waals surface area (Å²) in [5, 5.41) is 30.6. The molecule has 1 saturated carbocycles. The first-order valence-corrected chi connectivity index (χ1v) is 12.6. The monoisotopic (exact) mass is 505 g/mol. The maximum atomic E-state index is 13.0. The van der Waals surface area contributed by atoms with Crippen LogP contribution in [0.4, 0.5) is 5.95 Å². The van der Waals surface area contributed by atoms with Crippen molar-refractivity contribution in [3.05, 3.63) is 29.8 Å². The van der Waals surface area contributed by atoms with Gasteiger partial charge in [0.25, 0.3) is 5.91 Å². The molecule has 1 aliphatic heterocycles. The number of carbonyl (C=O) groups excluding carboxylic acids is 1. The largest absolute Gasteiger partial charge is 0.463 e. The number of anilines is 1. The van der Waals surface area contributed by atoms with E-state index in [0.29, 0.717) is 25.6 Å². The van der Waals surface area contributed by atoms with Crippen LogP contribution in [0.5, 0.6) is 6.01 Å². The summed E-state index contributed by atoms with van der Waals surface area (Å²) >= 11 is 0. The summed E-state index contributed by atoms with van der Waals surface area (Å²) in [4.78, 5) is 32.5. The number of piperidine rings is 1. The Bertz CT molecular complexity index is 1320. The van der Waals surface area contributed by atoms with Crippen molar-refractivity contribution >= 4 is 22.9 Å². The fourth-order valence-corrected chi connectivity index (χ4v) is 4.40. The number of pyridine rings is 1. The maximum absolute atomic E-state index is 13.0. The van der Waals surface area contributed by atoms with E-state index >= 15 is 0 Å². The van der Waals surface area contributed by atoms with E-state index < -0.39 is 17.6 Å². The van der Waals surface area contributed by atoms with Crippen LogP contribution in [0.2, 0.25) is 0 Å². The van der Waals surface area contributed by atoms with Gasteiger partial charge in [-0.3, -0.25) is 9.89 Å². The molecule has 5 rings (SSSR count). The first-order valence-electron chi connectivity index (χ1n) is 12.6. The van der Waals surface area contributed by atoms with E-state index in [0.717, 1.165) is 36.0 Å². The number of aromatic amines is 1. The number of aromatic nitrogens is 6. The summed E-state index contributed by atoms with van der Waals surface area (Å²) in [6.45, 7) is 6.60. The number of hydrogen-bond donors (Lipinski definition) is 3. The van der Waals surface area contributed by atoms with Gasteiger partial charge >= 0.3 is 6.01 Å². The number of aliphatic hydroxyl groups is 1. The van der Waals surface area contributed by atoms with Gasteiger partial charge in [0.05, 0.1) is 35.9 Å². The van der Waals surface area contributed by atoms with Crippen molar-refractivity contribution in [2.45, 2.75) is 57.6 Å². The molecule has 1 amide bonds. The zero-order valence-electron chi connectivity index (χ0n) is 21.2. The van der Waals surface area contributed by atoms with E-state index in [1.165, 1.54) is 0 Å². The molecule has 37 heavy (non-hydrogen) atoms. The Kier molecular flexibility index (Phi) is 6.64. The highest BCUT2D eigenvalue weighted by Crippen LogP contribution is 2.38. The SMILES string of the molecule is C[C@@H](NC(=O)c1nc(OC[C@H]2CC2C#N)nc(N2CCC(c3n[nH]c4ncccc34)CC2)n1)C(C)(C)O. The molecule has 1 saturated heterocycles. The molecule has 4 heterocycles. The standard InChI is InChI=1S/C25H31N9O3/c1-14(25(2,3)36)28-22(35)21-29-23(31-24(30-21)37-13-17-11-16(17)12-26)34-9-6-15(7-10-34)19-18-5-4-8-27-20(18)33-32-19/h4-5,8,14-17,36H,6-7,9-11,13H2,1-3H3,(H,28,35)(H,27,32,33)/t14-,16?,17-/m1/s1. The van der Waals surface area contributed by atoms with E-state index in [1.807, 2.05) is 17.0 Å². The smallest absolute Gasteiger partial charge is 0.321 e. The van der Waals surface area contributed by atoms with Gasteiger partial charge in [-0.25, -0.2) is 4.98 Å². The summed E-state index contributed by atoms with van der Waals surface area (Å²) in [5.41, 5.74) is 0.681. The highest BCUT2D eigenvalue weighted by atomic mass is 16.5. The summed E-state index contributed by atoms with van der Waals surface area (Å²) in [6.07, 6.45) is 4.20. The lowest BCUT2D eigenvalue weighted by Gasteiger charge is -2.31. The van der Waals surface area contributed by atoms with Crippen molar-refractivity contribution in [2.24, 2.45) is 11.8 Å². The molecule has 3 aromatic rings. The molecule has 0 aromatic carbocycles. The van der Waals surface area contributed by atoms with Crippen LogP contribution in [0, 0.1) is 23.2 Å². The van der Waals surface area contributed by atoms with Crippen LogP contribution in [0.15, 0.2) is 18.3 Å². The van der Waals surface area contributed by atoms with Gasteiger partial charge in [-0.05, 0) is 52.2 Å². The molecule has 0 radical (unpaired) electrons. The predicted molar refractivity (Wildman–Crippen MR) is 134 cm³/mol. The Balaban J connectivity index is 1.33. The molecule has 3 aromatic heterocycles. The van der Waals surface area contributed by atoms with Gasteiger partial charge in [0, 0.05) is 36.5 Å². The van der Waals surface area contributed by atoms with Crippen LogP contribution in [0.3, 0.4) is 0 Å². The van der Waals surface area contributed by atoms with Crippen molar-refractivity contribution in [1.29, 1.82) is 5.26 Å². The van der Waals surface area contributed by atoms with Gasteiger partial charge < -0.3 is 20.1 Å². The van der Waals surface area contributed by atoms with Gasteiger partial charge in [0.2, 0.25) is 11.8 Å². The molecule has 12 heteroatoms. The average Bonchev–Trinajstić information content (AvgIpc) is 3.53. The second-order valence-electron chi connectivity index (χ2n) is 10.4. The summed E-state index contributed by atoms with van der Waals surface area (Å²) in [7, 11) is 0. The van der Waals surface area contributed by atoms with E-state index in [9.17, 15) is 9.90 Å². The highest BCUT2D eigenvalue weighted by Gasteiger charge is 2.38. The second kappa shape index (κ2) is 9.89. The van der Waals surface area contributed by atoms with E-state index in [1.54, 1.807) is 27.0 Å². The van der Waals surface area contributed by atoms with Crippen molar-refractivity contribution in [3.63, 3.8) is 0 Å². The molecule has 2 aliphatic rings. The second-order valence-corrected chi connectivity index (χ2v) is 10.4. The summed E-state index contributed by atoms with van der Waals surface area (Å²) in [5.74, 6) is 0.173. The normalized spacial score (nSPS) is 20.9. The molecule has 0 bridgehead atoms. The Morgan fingerprint density at radius 1 is 1.35 bits per heavy atom. The lowest BCUT2D eigenvalue weighted by atomic mass is 9.92. The minimum Gasteiger partial charge on any atom is -0.463 e. The van der Waals surface area contributed by atoms with E-state index in [4.69, 9.17) is 10.00 Å². The van der Waals surface area contributed by atoms with Crippen LogP contribution in [-0.2, 0) is 0 Å². The quantitative estimate of drug-likeness (QED) is 0.412. The highest BCUT2D eigenvalue weighted by molar-refractivity contribution is 5.91. The number of amides is 1. The molecular formula is C25H31N9O3. The molecule has 2 fully saturated rings. The van der Waals surface area contributed by atoms with Gasteiger partial charge in [0.15, 0.2) is 5.65 Å². The minimum absolute atomic E-state index is 0.0101. The number of hydrogen-bond acceptors (Lipinski definition) is 10. The molecule has 1 unspecified atom stereocenters. The predicted octanol–water partition coefficient (Wildman–Crippen LogP) is 1.95. The number of carbonyl (C=O) groups is 1. The fourth-order valence-electron chi connectivity index (χ4n) is 4.40. The molecule has 3 atom stereocenters. The van der Waals surface area contributed by atoms with E-state index in [2.05, 4.69) is 41.5 Å². The van der Waals surface area contributed by atoms with Crippen LogP contribution < -0.4 is 15.0 Å². The lowest BCUT2D eigenvalue weighted by Crippen LogP contribution is -2.47. The molecule has 12 nitrogen and oxygen atoms in total. The Labute approximate surface area is 214 Å². The molecular weight excluding hydrogens is 474 g/mol. The third-order valence-electron chi connectivity index (χ3n) is 7.26. The third-order valence-corrected chi connectivity index (χ3v) is 7.26. The molecule has 194 valence electrons. The Morgan fingerprint density at radius 2 is 2.14 bits per heavy atom. The number of nitrogens with one attached hydrogen (secondary N) is 2. The summed E-state index contributed by atoms with van der Waals surface area (Å²) in [6, 6.07) is 5.71. The number of rotatable bonds is 8. The Hall–Kier alpha value is -3.85. The number of nitriles is 1. The van der Waals surface area contributed by atoms with Gasteiger partial charge in [-0.2, -0.15) is 25.3 Å². The third kappa shape index (κ3) is 5.46. The number of ether oxygens (including phenoxy) is 1. The maximum Gasteiger partial charge on any atom is 0.321 e. The van der Waals surface area contributed by atoms with Crippen molar-refractivity contribution < 1.29 is 14.6 Å². The van der Waals surface area contributed by atoms with Crippen LogP contribution in [0.25, 0.3) is 11.0 Å². The van der Waals surface area contributed by atoms with Gasteiger partial charge in [0.1, 0.15) is 0 Å². The first kappa shape index (κ1) is 24.8. The lowest BCUT2D eigenvalue weighted by molar-refractivity contribution is 0.0405. The Morgan fingerprint density at radius 3 is 2.84 bits per heavy atom. The average molecular weight is 506 g/mol. The summed E-state index contributed by atoms with van der Waals surface area (Å²) < 4.78 is 5.79. The molecule has 0 spiro atoms. The van der Waals surface area contributed by atoms with Crippen LogP contribution in [-0.4, -0.2) is 72.5 Å². The fraction of sp³-hybridized carbons (Fsp3) is 0.560. The number of fused-ring (bicyclic) bond motifs is 1. The molecule has 1 aliphatic carbocycles.